The Hall–Kier alpha value is -1.83. The lowest BCUT2D eigenvalue weighted by Gasteiger charge is -2.21. The van der Waals surface area contributed by atoms with Crippen LogP contribution in [0.3, 0.4) is 0 Å². The van der Waals surface area contributed by atoms with Crippen LogP contribution in [0, 0.1) is 18.6 Å². The molecule has 0 spiro atoms. The summed E-state index contributed by atoms with van der Waals surface area (Å²) >= 11 is 1.27. The second kappa shape index (κ2) is 5.66. The number of thioether (sulfide) groups is 1. The maximum Gasteiger partial charge on any atom is 0.327 e. The molecule has 108 valence electrons. The van der Waals surface area contributed by atoms with Crippen LogP contribution in [0.25, 0.3) is 0 Å². The van der Waals surface area contributed by atoms with Crippen molar-refractivity contribution < 1.29 is 23.5 Å². The van der Waals surface area contributed by atoms with Crippen LogP contribution >= 0.6 is 11.8 Å². The normalized spacial score (nSPS) is 18.1. The number of carbonyl (C=O) groups is 2. The fraction of sp³-hybridized carbons (Fsp3) is 0.333. The molecule has 0 aromatic heterocycles. The van der Waals surface area contributed by atoms with Crippen LogP contribution in [0.4, 0.5) is 19.3 Å². The number of hydrogen-bond acceptors (Lipinski definition) is 3. The van der Waals surface area contributed by atoms with Gasteiger partial charge in [-0.25, -0.2) is 18.4 Å². The molecule has 1 unspecified atom stereocenters. The average Bonchev–Trinajstić information content (AvgIpc) is 2.88. The number of aliphatic carboxylic acids is 1. The smallest absolute Gasteiger partial charge is 0.327 e. The molecule has 1 aliphatic heterocycles. The molecule has 1 saturated heterocycles. The van der Waals surface area contributed by atoms with Gasteiger partial charge in [-0.15, -0.1) is 11.8 Å². The van der Waals surface area contributed by atoms with E-state index in [0.29, 0.717) is 0 Å². The number of nitrogens with zero attached hydrogens (tertiary/aromatic N) is 1. The van der Waals surface area contributed by atoms with Crippen LogP contribution in [0.15, 0.2) is 12.1 Å². The summed E-state index contributed by atoms with van der Waals surface area (Å²) in [6.07, 6.45) is 0. The highest BCUT2D eigenvalue weighted by Crippen LogP contribution is 2.25. The Morgan fingerprint density at radius 1 is 1.45 bits per heavy atom. The van der Waals surface area contributed by atoms with E-state index >= 15 is 0 Å². The predicted octanol–water partition coefficient (Wildman–Crippen LogP) is 2.26. The van der Waals surface area contributed by atoms with Crippen LogP contribution in [0.5, 0.6) is 0 Å². The van der Waals surface area contributed by atoms with Crippen LogP contribution in [-0.2, 0) is 4.79 Å². The summed E-state index contributed by atoms with van der Waals surface area (Å²) in [5.41, 5.74) is -0.372. The number of anilines is 1. The van der Waals surface area contributed by atoms with Crippen molar-refractivity contribution >= 4 is 29.4 Å². The highest BCUT2D eigenvalue weighted by Gasteiger charge is 2.35. The van der Waals surface area contributed by atoms with Crippen molar-refractivity contribution in [2.45, 2.75) is 13.0 Å². The van der Waals surface area contributed by atoms with Gasteiger partial charge in [0.25, 0.3) is 0 Å². The number of amides is 2. The Labute approximate surface area is 117 Å². The molecular formula is C12H12F2N2O3S. The van der Waals surface area contributed by atoms with Crippen LogP contribution in [-0.4, -0.2) is 39.7 Å². The summed E-state index contributed by atoms with van der Waals surface area (Å²) in [5.74, 6) is -2.49. The topological polar surface area (TPSA) is 69.6 Å². The van der Waals surface area contributed by atoms with Crippen molar-refractivity contribution in [1.29, 1.82) is 0 Å². The van der Waals surface area contributed by atoms with Crippen molar-refractivity contribution in [2.24, 2.45) is 0 Å². The minimum atomic E-state index is -1.14. The van der Waals surface area contributed by atoms with Crippen molar-refractivity contribution in [2.75, 3.05) is 16.9 Å². The molecule has 1 aromatic rings. The third kappa shape index (κ3) is 2.69. The first kappa shape index (κ1) is 14.6. The van der Waals surface area contributed by atoms with E-state index in [-0.39, 0.29) is 17.2 Å². The van der Waals surface area contributed by atoms with Gasteiger partial charge in [0.05, 0.1) is 5.88 Å². The fourth-order valence-electron chi connectivity index (χ4n) is 1.80. The van der Waals surface area contributed by atoms with E-state index in [0.717, 1.165) is 11.0 Å². The van der Waals surface area contributed by atoms with Crippen LogP contribution in [0.2, 0.25) is 0 Å². The third-order valence-corrected chi connectivity index (χ3v) is 3.96. The largest absolute Gasteiger partial charge is 0.480 e. The second-order valence-electron chi connectivity index (χ2n) is 4.31. The van der Waals surface area contributed by atoms with E-state index in [1.54, 1.807) is 0 Å². The number of benzene rings is 1. The summed E-state index contributed by atoms with van der Waals surface area (Å²) in [6, 6.07) is 0.481. The molecule has 1 aliphatic rings. The van der Waals surface area contributed by atoms with Gasteiger partial charge in [-0.05, 0) is 18.6 Å². The van der Waals surface area contributed by atoms with Crippen molar-refractivity contribution in [3.63, 3.8) is 0 Å². The highest BCUT2D eigenvalue weighted by molar-refractivity contribution is 7.99. The lowest BCUT2D eigenvalue weighted by molar-refractivity contribution is -0.140. The molecule has 5 nitrogen and oxygen atoms in total. The zero-order chi connectivity index (χ0) is 14.9. The van der Waals surface area contributed by atoms with E-state index < -0.39 is 35.4 Å². The molecule has 8 heteroatoms. The zero-order valence-electron chi connectivity index (χ0n) is 10.5. The van der Waals surface area contributed by atoms with E-state index in [1.807, 2.05) is 0 Å². The van der Waals surface area contributed by atoms with Crippen LogP contribution < -0.4 is 5.32 Å². The minimum Gasteiger partial charge on any atom is -0.480 e. The summed E-state index contributed by atoms with van der Waals surface area (Å²) in [7, 11) is 0. The Morgan fingerprint density at radius 2 is 2.15 bits per heavy atom. The fourth-order valence-corrected chi connectivity index (χ4v) is 2.94. The van der Waals surface area contributed by atoms with Gasteiger partial charge in [-0.3, -0.25) is 0 Å². The molecule has 1 heterocycles. The Kier molecular flexibility index (Phi) is 4.12. The number of carboxylic acids is 1. The molecule has 0 bridgehead atoms. The first-order chi connectivity index (χ1) is 9.41. The Morgan fingerprint density at radius 3 is 2.80 bits per heavy atom. The number of nitrogens with one attached hydrogen (secondary N) is 1. The van der Waals surface area contributed by atoms with E-state index in [9.17, 15) is 18.4 Å². The summed E-state index contributed by atoms with van der Waals surface area (Å²) in [5, 5.41) is 11.1. The number of halogens is 2. The molecule has 2 N–H and O–H groups in total. The monoisotopic (exact) mass is 302 g/mol. The summed E-state index contributed by atoms with van der Waals surface area (Å²) in [6.45, 7) is 1.44. The molecular weight excluding hydrogens is 290 g/mol. The molecule has 0 saturated carbocycles. The van der Waals surface area contributed by atoms with Gasteiger partial charge < -0.3 is 15.3 Å². The quantitative estimate of drug-likeness (QED) is 0.879. The molecule has 0 radical (unpaired) electrons. The first-order valence-electron chi connectivity index (χ1n) is 5.74. The van der Waals surface area contributed by atoms with Gasteiger partial charge in [-0.2, -0.15) is 0 Å². The van der Waals surface area contributed by atoms with Gasteiger partial charge in [-0.1, -0.05) is 6.07 Å². The number of carboxylic acid groups (broad SMARTS) is 1. The number of aryl methyl sites for hydroxylation is 1. The molecule has 2 rings (SSSR count). The van der Waals surface area contributed by atoms with Crippen molar-refractivity contribution in [1.82, 2.24) is 4.90 Å². The van der Waals surface area contributed by atoms with E-state index in [4.69, 9.17) is 5.11 Å². The Bertz CT molecular complexity index is 568. The van der Waals surface area contributed by atoms with Crippen molar-refractivity contribution in [3.05, 3.63) is 29.3 Å². The second-order valence-corrected chi connectivity index (χ2v) is 5.31. The summed E-state index contributed by atoms with van der Waals surface area (Å²) < 4.78 is 27.3. The third-order valence-electron chi connectivity index (χ3n) is 2.94. The van der Waals surface area contributed by atoms with Crippen molar-refractivity contribution in [3.8, 4) is 0 Å². The number of carbonyl (C=O) groups excluding carboxylic acids is 1. The van der Waals surface area contributed by atoms with E-state index in [2.05, 4.69) is 5.32 Å². The average molecular weight is 302 g/mol. The minimum absolute atomic E-state index is 0.165. The van der Waals surface area contributed by atoms with Gasteiger partial charge >= 0.3 is 12.0 Å². The lowest BCUT2D eigenvalue weighted by atomic mass is 10.2. The Balaban J connectivity index is 2.20. The molecule has 1 atom stereocenters. The summed E-state index contributed by atoms with van der Waals surface area (Å²) in [4.78, 5) is 24.0. The maximum absolute atomic E-state index is 13.8. The van der Waals surface area contributed by atoms with Crippen LogP contribution in [0.1, 0.15) is 5.56 Å². The van der Waals surface area contributed by atoms with Gasteiger partial charge in [0.1, 0.15) is 17.5 Å². The molecule has 1 aromatic carbocycles. The molecule has 0 aliphatic carbocycles. The van der Waals surface area contributed by atoms with Gasteiger partial charge in [0.15, 0.2) is 5.82 Å². The lowest BCUT2D eigenvalue weighted by Crippen LogP contribution is -2.44. The SMILES string of the molecule is Cc1ccc(F)c(NC(=O)N2CSCC2C(=O)O)c1F. The number of rotatable bonds is 2. The highest BCUT2D eigenvalue weighted by atomic mass is 32.2. The predicted molar refractivity (Wildman–Crippen MR) is 70.7 cm³/mol. The molecule has 20 heavy (non-hydrogen) atoms. The standard InChI is InChI=1S/C12H12F2N2O3S/c1-6-2-3-7(13)10(9(6)14)15-12(19)16-5-20-4-8(16)11(17)18/h2-3,8H,4-5H2,1H3,(H,15,19)(H,17,18). The number of urea groups is 1. The molecule has 1 fully saturated rings. The van der Waals surface area contributed by atoms with E-state index in [1.165, 1.54) is 24.8 Å². The molecule has 2 amide bonds. The zero-order valence-corrected chi connectivity index (χ0v) is 11.3. The van der Waals surface area contributed by atoms with Gasteiger partial charge in [0, 0.05) is 5.75 Å². The first-order valence-corrected chi connectivity index (χ1v) is 6.90. The van der Waals surface area contributed by atoms with Gasteiger partial charge in [0.2, 0.25) is 0 Å². The number of hydrogen-bond donors (Lipinski definition) is 2. The maximum atomic E-state index is 13.8.